The topological polar surface area (TPSA) is 9.23 Å². The molecule has 0 bridgehead atoms. The Morgan fingerprint density at radius 2 is 1.68 bits per heavy atom. The van der Waals surface area contributed by atoms with Crippen molar-refractivity contribution in [2.75, 3.05) is 7.11 Å². The zero-order valence-corrected chi connectivity index (χ0v) is 10.8. The predicted molar refractivity (Wildman–Crippen MR) is 61.5 cm³/mol. The standard InChI is InChI=1S/C13H15F5O/c1-8(2)6-9-4-5-10(11(7-9)19-3)12(14,15)13(16,17)18/h4-5,7-8H,6H2,1-3H3. The Morgan fingerprint density at radius 1 is 1.11 bits per heavy atom. The van der Waals surface area contributed by atoms with Gasteiger partial charge in [-0.1, -0.05) is 19.9 Å². The summed E-state index contributed by atoms with van der Waals surface area (Å²) in [5.74, 6) is -5.10. The summed E-state index contributed by atoms with van der Waals surface area (Å²) in [6.45, 7) is 3.84. The van der Waals surface area contributed by atoms with Gasteiger partial charge in [-0.05, 0) is 30.0 Å². The van der Waals surface area contributed by atoms with Crippen molar-refractivity contribution in [3.8, 4) is 5.75 Å². The Kier molecular flexibility index (Phi) is 4.43. The van der Waals surface area contributed by atoms with Gasteiger partial charge in [-0.3, -0.25) is 0 Å². The van der Waals surface area contributed by atoms with E-state index in [1.54, 1.807) is 0 Å². The fourth-order valence-corrected chi connectivity index (χ4v) is 1.75. The molecule has 0 unspecified atom stereocenters. The first-order valence-corrected chi connectivity index (χ1v) is 5.71. The lowest BCUT2D eigenvalue weighted by Crippen LogP contribution is -2.34. The molecule has 1 aromatic rings. The maximum absolute atomic E-state index is 13.3. The van der Waals surface area contributed by atoms with Gasteiger partial charge in [-0.2, -0.15) is 22.0 Å². The molecule has 1 nitrogen and oxygen atoms in total. The van der Waals surface area contributed by atoms with Crippen molar-refractivity contribution in [3.63, 3.8) is 0 Å². The van der Waals surface area contributed by atoms with E-state index in [0.717, 1.165) is 13.2 Å². The van der Waals surface area contributed by atoms with Gasteiger partial charge in [0.1, 0.15) is 5.75 Å². The smallest absolute Gasteiger partial charge is 0.458 e. The van der Waals surface area contributed by atoms with Crippen molar-refractivity contribution in [2.24, 2.45) is 5.92 Å². The minimum Gasteiger partial charge on any atom is -0.496 e. The molecular formula is C13H15F5O. The minimum atomic E-state index is -5.64. The molecule has 108 valence electrons. The van der Waals surface area contributed by atoms with Crippen molar-refractivity contribution < 1.29 is 26.7 Å². The van der Waals surface area contributed by atoms with Crippen LogP contribution in [0.15, 0.2) is 18.2 Å². The molecule has 1 rings (SSSR count). The van der Waals surface area contributed by atoms with Crippen LogP contribution >= 0.6 is 0 Å². The van der Waals surface area contributed by atoms with Crippen molar-refractivity contribution >= 4 is 0 Å². The first-order valence-electron chi connectivity index (χ1n) is 5.71. The molecule has 0 spiro atoms. The van der Waals surface area contributed by atoms with E-state index in [1.165, 1.54) is 12.1 Å². The minimum absolute atomic E-state index is 0.263. The van der Waals surface area contributed by atoms with E-state index in [2.05, 4.69) is 4.74 Å². The lowest BCUT2D eigenvalue weighted by atomic mass is 9.98. The fourth-order valence-electron chi connectivity index (χ4n) is 1.75. The maximum atomic E-state index is 13.3. The van der Waals surface area contributed by atoms with E-state index in [0.29, 0.717) is 12.0 Å². The molecule has 0 fully saturated rings. The Hall–Kier alpha value is -1.33. The van der Waals surface area contributed by atoms with Crippen LogP contribution in [0.1, 0.15) is 25.0 Å². The van der Waals surface area contributed by atoms with Crippen molar-refractivity contribution in [1.82, 2.24) is 0 Å². The molecule has 19 heavy (non-hydrogen) atoms. The van der Waals surface area contributed by atoms with Gasteiger partial charge in [0.15, 0.2) is 0 Å². The molecule has 0 aliphatic carbocycles. The van der Waals surface area contributed by atoms with Crippen LogP contribution < -0.4 is 4.74 Å². The van der Waals surface area contributed by atoms with Crippen molar-refractivity contribution in [1.29, 1.82) is 0 Å². The van der Waals surface area contributed by atoms with Crippen LogP contribution in [-0.4, -0.2) is 13.3 Å². The van der Waals surface area contributed by atoms with Crippen LogP contribution in [-0.2, 0) is 12.3 Å². The van der Waals surface area contributed by atoms with Crippen LogP contribution in [0.25, 0.3) is 0 Å². The average molecular weight is 282 g/mol. The molecule has 6 heteroatoms. The summed E-state index contributed by atoms with van der Waals surface area (Å²) >= 11 is 0. The zero-order chi connectivity index (χ0) is 14.8. The van der Waals surface area contributed by atoms with Crippen LogP contribution in [0.2, 0.25) is 0 Å². The SMILES string of the molecule is COc1cc(CC(C)C)ccc1C(F)(F)C(F)(F)F. The lowest BCUT2D eigenvalue weighted by Gasteiger charge is -2.22. The average Bonchev–Trinajstić information content (AvgIpc) is 2.26. The van der Waals surface area contributed by atoms with Gasteiger partial charge in [0.2, 0.25) is 0 Å². The van der Waals surface area contributed by atoms with E-state index in [4.69, 9.17) is 0 Å². The summed E-state index contributed by atoms with van der Waals surface area (Å²) in [7, 11) is 1.07. The third-order valence-corrected chi connectivity index (χ3v) is 2.60. The van der Waals surface area contributed by atoms with Gasteiger partial charge in [-0.25, -0.2) is 0 Å². The molecule has 0 saturated heterocycles. The Labute approximate surface area is 108 Å². The number of hydrogen-bond donors (Lipinski definition) is 0. The first-order chi connectivity index (χ1) is 8.59. The fraction of sp³-hybridized carbons (Fsp3) is 0.538. The zero-order valence-electron chi connectivity index (χ0n) is 10.8. The van der Waals surface area contributed by atoms with Gasteiger partial charge in [-0.15, -0.1) is 0 Å². The first kappa shape index (κ1) is 15.7. The van der Waals surface area contributed by atoms with E-state index < -0.39 is 23.4 Å². The van der Waals surface area contributed by atoms with Gasteiger partial charge in [0.25, 0.3) is 0 Å². The largest absolute Gasteiger partial charge is 0.496 e. The molecule has 0 aliphatic rings. The summed E-state index contributed by atoms with van der Waals surface area (Å²) in [4.78, 5) is 0. The summed E-state index contributed by atoms with van der Waals surface area (Å²) in [6, 6.07) is 3.29. The molecule has 0 saturated carbocycles. The second kappa shape index (κ2) is 5.35. The molecular weight excluding hydrogens is 267 g/mol. The van der Waals surface area contributed by atoms with Crippen LogP contribution in [0.5, 0.6) is 5.75 Å². The summed E-state index contributed by atoms with van der Waals surface area (Å²) in [5, 5.41) is 0. The van der Waals surface area contributed by atoms with Crippen LogP contribution in [0.3, 0.4) is 0 Å². The van der Waals surface area contributed by atoms with E-state index >= 15 is 0 Å². The lowest BCUT2D eigenvalue weighted by molar-refractivity contribution is -0.289. The quantitative estimate of drug-likeness (QED) is 0.736. The number of alkyl halides is 5. The van der Waals surface area contributed by atoms with Crippen LogP contribution in [0, 0.1) is 5.92 Å². The van der Waals surface area contributed by atoms with Gasteiger partial charge in [0, 0.05) is 0 Å². The highest BCUT2D eigenvalue weighted by molar-refractivity contribution is 5.41. The summed E-state index contributed by atoms with van der Waals surface area (Å²) in [5.41, 5.74) is -0.497. The van der Waals surface area contributed by atoms with E-state index in [1.807, 2.05) is 13.8 Å². The Balaban J connectivity index is 3.23. The molecule has 0 amide bonds. The predicted octanol–water partition coefficient (Wildman–Crippen LogP) is 4.55. The monoisotopic (exact) mass is 282 g/mol. The number of hydrogen-bond acceptors (Lipinski definition) is 1. The molecule has 0 aromatic heterocycles. The highest BCUT2D eigenvalue weighted by Crippen LogP contribution is 2.47. The highest BCUT2D eigenvalue weighted by Gasteiger charge is 2.60. The normalized spacial score (nSPS) is 12.9. The number of halogens is 5. The molecule has 0 atom stereocenters. The summed E-state index contributed by atoms with van der Waals surface area (Å²) in [6.07, 6.45) is -5.06. The summed E-state index contributed by atoms with van der Waals surface area (Å²) < 4.78 is 68.3. The van der Waals surface area contributed by atoms with Gasteiger partial charge in [0.05, 0.1) is 12.7 Å². The van der Waals surface area contributed by atoms with Crippen molar-refractivity contribution in [2.45, 2.75) is 32.4 Å². The molecule has 1 aromatic carbocycles. The van der Waals surface area contributed by atoms with Gasteiger partial charge < -0.3 is 4.74 Å². The third kappa shape index (κ3) is 3.36. The molecule has 0 N–H and O–H groups in total. The molecule has 0 radical (unpaired) electrons. The number of methoxy groups -OCH3 is 1. The Morgan fingerprint density at radius 3 is 2.11 bits per heavy atom. The highest BCUT2D eigenvalue weighted by atomic mass is 19.4. The second-order valence-corrected chi connectivity index (χ2v) is 4.70. The Bertz CT molecular complexity index is 437. The number of ether oxygens (including phenoxy) is 1. The van der Waals surface area contributed by atoms with E-state index in [9.17, 15) is 22.0 Å². The molecule has 0 heterocycles. The maximum Gasteiger partial charge on any atom is 0.458 e. The van der Waals surface area contributed by atoms with E-state index in [-0.39, 0.29) is 5.92 Å². The number of benzene rings is 1. The second-order valence-electron chi connectivity index (χ2n) is 4.70. The molecule has 0 aliphatic heterocycles. The number of rotatable bonds is 4. The van der Waals surface area contributed by atoms with Crippen LogP contribution in [0.4, 0.5) is 22.0 Å². The third-order valence-electron chi connectivity index (χ3n) is 2.60. The van der Waals surface area contributed by atoms with Crippen molar-refractivity contribution in [3.05, 3.63) is 29.3 Å². The van der Waals surface area contributed by atoms with Gasteiger partial charge >= 0.3 is 12.1 Å².